The van der Waals surface area contributed by atoms with Crippen molar-refractivity contribution in [3.05, 3.63) is 70.7 Å². The van der Waals surface area contributed by atoms with Gasteiger partial charge in [-0.2, -0.15) is 5.10 Å². The Labute approximate surface area is 142 Å². The van der Waals surface area contributed by atoms with Crippen molar-refractivity contribution in [2.45, 2.75) is 0 Å². The van der Waals surface area contributed by atoms with Crippen molar-refractivity contribution in [2.75, 3.05) is 0 Å². The zero-order valence-electron chi connectivity index (χ0n) is 12.4. The fourth-order valence-electron chi connectivity index (χ4n) is 2.29. The first kappa shape index (κ1) is 15.8. The number of halogens is 1. The second-order valence-corrected chi connectivity index (χ2v) is 5.49. The van der Waals surface area contributed by atoms with Crippen molar-refractivity contribution in [1.29, 1.82) is 0 Å². The highest BCUT2D eigenvalue weighted by Crippen LogP contribution is 2.26. The number of hydrogen-bond acceptors (Lipinski definition) is 4. The van der Waals surface area contributed by atoms with Crippen LogP contribution in [0.5, 0.6) is 11.5 Å². The lowest BCUT2D eigenvalue weighted by molar-refractivity contribution is 0.0955. The maximum Gasteiger partial charge on any atom is 0.271 e. The molecular weight excluding hydrogens is 328 g/mol. The Bertz CT molecular complexity index is 954. The number of rotatable bonds is 3. The number of nitrogens with zero attached hydrogens (tertiary/aromatic N) is 1. The molecule has 24 heavy (non-hydrogen) atoms. The van der Waals surface area contributed by atoms with E-state index in [-0.39, 0.29) is 22.1 Å². The van der Waals surface area contributed by atoms with Gasteiger partial charge in [-0.3, -0.25) is 4.79 Å². The van der Waals surface area contributed by atoms with Gasteiger partial charge in [-0.15, -0.1) is 0 Å². The lowest BCUT2D eigenvalue weighted by Crippen LogP contribution is -2.17. The zero-order valence-corrected chi connectivity index (χ0v) is 13.2. The number of carbonyl (C=O) groups excluding carboxylic acids is 1. The Hall–Kier alpha value is -3.05. The van der Waals surface area contributed by atoms with Crippen LogP contribution in [0.1, 0.15) is 15.9 Å². The summed E-state index contributed by atoms with van der Waals surface area (Å²) in [6.45, 7) is 0. The molecule has 3 N–H and O–H groups in total. The summed E-state index contributed by atoms with van der Waals surface area (Å²) in [5.41, 5.74) is 3.44. The first-order valence-electron chi connectivity index (χ1n) is 7.09. The third-order valence-electron chi connectivity index (χ3n) is 3.51. The van der Waals surface area contributed by atoms with Gasteiger partial charge in [0.05, 0.1) is 11.2 Å². The predicted octanol–water partition coefficient (Wildman–Crippen LogP) is 3.67. The number of amides is 1. The molecule has 0 saturated heterocycles. The maximum atomic E-state index is 12.0. The lowest BCUT2D eigenvalue weighted by Gasteiger charge is -2.04. The Morgan fingerprint density at radius 2 is 1.71 bits per heavy atom. The molecule has 120 valence electrons. The molecule has 0 aliphatic rings. The Morgan fingerprint density at radius 1 is 1.00 bits per heavy atom. The Balaban J connectivity index is 1.80. The van der Waals surface area contributed by atoms with E-state index in [0.717, 1.165) is 10.9 Å². The molecule has 0 atom stereocenters. The first-order chi connectivity index (χ1) is 11.6. The number of fused-ring (bicyclic) bond motifs is 1. The van der Waals surface area contributed by atoms with Crippen LogP contribution < -0.4 is 5.43 Å². The fraction of sp³-hybridized carbons (Fsp3) is 0. The molecule has 0 radical (unpaired) electrons. The van der Waals surface area contributed by atoms with E-state index in [4.69, 9.17) is 11.6 Å². The molecule has 0 heterocycles. The molecule has 1 amide bonds. The van der Waals surface area contributed by atoms with Crippen LogP contribution in [0.3, 0.4) is 0 Å². The minimum Gasteiger partial charge on any atom is -0.507 e. The third kappa shape index (κ3) is 3.16. The molecule has 0 aromatic heterocycles. The van der Waals surface area contributed by atoms with Gasteiger partial charge in [-0.1, -0.05) is 35.9 Å². The number of carbonyl (C=O) groups is 1. The quantitative estimate of drug-likeness (QED) is 0.502. The summed E-state index contributed by atoms with van der Waals surface area (Å²) < 4.78 is 0. The molecule has 0 saturated carbocycles. The highest BCUT2D eigenvalue weighted by Gasteiger charge is 2.07. The van der Waals surface area contributed by atoms with Crippen molar-refractivity contribution in [3.63, 3.8) is 0 Å². The van der Waals surface area contributed by atoms with E-state index in [9.17, 15) is 15.0 Å². The number of phenolic OH excluding ortho intramolecular Hbond substituents is 2. The summed E-state index contributed by atoms with van der Waals surface area (Å²) in [7, 11) is 0. The molecule has 0 fully saturated rings. The standard InChI is InChI=1S/C18H13ClN2O3/c19-15-9-11(5-8-17(15)23)18(24)21-20-10-12-6-7-16(22)14-4-2-1-3-13(12)14/h1-10,22-23H,(H,21,24)/b20-10+. The van der Waals surface area contributed by atoms with Gasteiger partial charge in [-0.25, -0.2) is 5.43 Å². The molecule has 3 rings (SSSR count). The molecule has 3 aromatic carbocycles. The average molecular weight is 341 g/mol. The van der Waals surface area contributed by atoms with E-state index in [1.165, 1.54) is 24.4 Å². The van der Waals surface area contributed by atoms with Crippen LogP contribution >= 0.6 is 11.6 Å². The van der Waals surface area contributed by atoms with Gasteiger partial charge >= 0.3 is 0 Å². The predicted molar refractivity (Wildman–Crippen MR) is 93.8 cm³/mol. The second-order valence-electron chi connectivity index (χ2n) is 5.08. The monoisotopic (exact) mass is 340 g/mol. The summed E-state index contributed by atoms with van der Waals surface area (Å²) in [6, 6.07) is 14.8. The van der Waals surface area contributed by atoms with E-state index in [1.807, 2.05) is 18.2 Å². The molecule has 6 heteroatoms. The molecule has 0 aliphatic carbocycles. The highest BCUT2D eigenvalue weighted by atomic mass is 35.5. The van der Waals surface area contributed by atoms with Gasteiger partial charge in [0.25, 0.3) is 5.91 Å². The fourth-order valence-corrected chi connectivity index (χ4v) is 2.47. The number of benzene rings is 3. The van der Waals surface area contributed by atoms with Gasteiger partial charge in [0.1, 0.15) is 11.5 Å². The Kier molecular flexibility index (Phi) is 4.35. The van der Waals surface area contributed by atoms with Gasteiger partial charge < -0.3 is 10.2 Å². The van der Waals surface area contributed by atoms with E-state index >= 15 is 0 Å². The van der Waals surface area contributed by atoms with E-state index in [1.54, 1.807) is 18.2 Å². The van der Waals surface area contributed by atoms with Crippen LogP contribution in [0.2, 0.25) is 5.02 Å². The van der Waals surface area contributed by atoms with Gasteiger partial charge in [0.2, 0.25) is 0 Å². The van der Waals surface area contributed by atoms with Crippen molar-refractivity contribution >= 4 is 34.5 Å². The van der Waals surface area contributed by atoms with Crippen molar-refractivity contribution in [3.8, 4) is 11.5 Å². The lowest BCUT2D eigenvalue weighted by atomic mass is 10.0. The summed E-state index contributed by atoms with van der Waals surface area (Å²) in [5, 5.41) is 24.8. The van der Waals surface area contributed by atoms with Crippen LogP contribution in [0.4, 0.5) is 0 Å². The van der Waals surface area contributed by atoms with Crippen LogP contribution in [0, 0.1) is 0 Å². The maximum absolute atomic E-state index is 12.0. The Morgan fingerprint density at radius 3 is 2.46 bits per heavy atom. The summed E-state index contributed by atoms with van der Waals surface area (Å²) in [6.07, 6.45) is 1.50. The number of hydrazone groups is 1. The zero-order chi connectivity index (χ0) is 17.1. The molecular formula is C18H13ClN2O3. The van der Waals surface area contributed by atoms with Gasteiger partial charge in [0, 0.05) is 16.5 Å². The molecule has 0 bridgehead atoms. The minimum atomic E-state index is -0.448. The van der Waals surface area contributed by atoms with E-state index in [0.29, 0.717) is 5.39 Å². The molecule has 3 aromatic rings. The number of aromatic hydroxyl groups is 2. The molecule has 0 spiro atoms. The van der Waals surface area contributed by atoms with Crippen LogP contribution in [0.25, 0.3) is 10.8 Å². The van der Waals surface area contributed by atoms with Crippen molar-refractivity contribution in [2.24, 2.45) is 5.10 Å². The summed E-state index contributed by atoms with van der Waals surface area (Å²) in [4.78, 5) is 12.0. The second kappa shape index (κ2) is 6.60. The number of hydrogen-bond donors (Lipinski definition) is 3. The summed E-state index contributed by atoms with van der Waals surface area (Å²) in [5.74, 6) is -0.353. The first-order valence-corrected chi connectivity index (χ1v) is 7.46. The van der Waals surface area contributed by atoms with Crippen molar-refractivity contribution < 1.29 is 15.0 Å². The smallest absolute Gasteiger partial charge is 0.271 e. The SMILES string of the molecule is O=C(N/N=C/c1ccc(O)c2ccccc12)c1ccc(O)c(Cl)c1. The summed E-state index contributed by atoms with van der Waals surface area (Å²) >= 11 is 5.78. The number of nitrogens with one attached hydrogen (secondary N) is 1. The minimum absolute atomic E-state index is 0.0905. The van der Waals surface area contributed by atoms with E-state index in [2.05, 4.69) is 10.5 Å². The topological polar surface area (TPSA) is 81.9 Å². The van der Waals surface area contributed by atoms with Gasteiger partial charge in [-0.05, 0) is 35.7 Å². The van der Waals surface area contributed by atoms with Crippen LogP contribution in [0.15, 0.2) is 59.7 Å². The largest absolute Gasteiger partial charge is 0.507 e. The van der Waals surface area contributed by atoms with Crippen molar-refractivity contribution in [1.82, 2.24) is 5.43 Å². The molecule has 5 nitrogen and oxygen atoms in total. The number of phenols is 2. The van der Waals surface area contributed by atoms with Crippen LogP contribution in [-0.2, 0) is 0 Å². The van der Waals surface area contributed by atoms with Crippen LogP contribution in [-0.4, -0.2) is 22.3 Å². The van der Waals surface area contributed by atoms with Gasteiger partial charge in [0.15, 0.2) is 0 Å². The third-order valence-corrected chi connectivity index (χ3v) is 3.82. The normalized spacial score (nSPS) is 11.0. The highest BCUT2D eigenvalue weighted by molar-refractivity contribution is 6.32. The average Bonchev–Trinajstić information content (AvgIpc) is 2.59. The van der Waals surface area contributed by atoms with E-state index < -0.39 is 5.91 Å². The molecule has 0 aliphatic heterocycles. The molecule has 0 unspecified atom stereocenters.